The molecule has 2 aromatic rings. The highest BCUT2D eigenvalue weighted by molar-refractivity contribution is 6.00. The van der Waals surface area contributed by atoms with E-state index < -0.39 is 0 Å². The standard InChI is InChI=1S/C18H21N5O/c1-13-5-3-4-6-16(13)21-18(24)20-15-9-7-14(8-10-15)17-11-22(2)12-23(17)19/h3-11H,12,19H2,1-2H3,(H2,20,21,24). The fraction of sp³-hybridized carbons (Fsp3) is 0.167. The van der Waals surface area contributed by atoms with Gasteiger partial charge in [-0.1, -0.05) is 30.3 Å². The van der Waals surface area contributed by atoms with Crippen molar-refractivity contribution >= 4 is 23.1 Å². The lowest BCUT2D eigenvalue weighted by Gasteiger charge is -2.16. The lowest BCUT2D eigenvalue weighted by Crippen LogP contribution is -2.30. The van der Waals surface area contributed by atoms with Crippen LogP contribution in [0.3, 0.4) is 0 Å². The van der Waals surface area contributed by atoms with Gasteiger partial charge in [-0.05, 0) is 30.7 Å². The Kier molecular flexibility index (Phi) is 4.39. The third-order valence-corrected chi connectivity index (χ3v) is 3.86. The van der Waals surface area contributed by atoms with Crippen molar-refractivity contribution in [2.24, 2.45) is 5.84 Å². The van der Waals surface area contributed by atoms with Gasteiger partial charge in [0.25, 0.3) is 0 Å². The fourth-order valence-electron chi connectivity index (χ4n) is 2.60. The van der Waals surface area contributed by atoms with Gasteiger partial charge in [0.05, 0.1) is 5.70 Å². The number of nitrogens with two attached hydrogens (primary N) is 1. The van der Waals surface area contributed by atoms with E-state index >= 15 is 0 Å². The number of urea groups is 1. The monoisotopic (exact) mass is 323 g/mol. The Balaban J connectivity index is 1.65. The number of amides is 2. The molecule has 0 spiro atoms. The number of carbonyl (C=O) groups excluding carboxylic acids is 1. The number of hydrogen-bond donors (Lipinski definition) is 3. The van der Waals surface area contributed by atoms with E-state index in [4.69, 9.17) is 5.84 Å². The first-order valence-electron chi connectivity index (χ1n) is 7.71. The molecule has 2 aromatic carbocycles. The van der Waals surface area contributed by atoms with Crippen LogP contribution in [0.1, 0.15) is 11.1 Å². The number of para-hydroxylation sites is 1. The van der Waals surface area contributed by atoms with Gasteiger partial charge in [0, 0.05) is 30.2 Å². The summed E-state index contributed by atoms with van der Waals surface area (Å²) in [6, 6.07) is 15.0. The number of rotatable bonds is 3. The average Bonchev–Trinajstić information content (AvgIpc) is 2.89. The zero-order chi connectivity index (χ0) is 17.1. The second-order valence-corrected chi connectivity index (χ2v) is 5.85. The second-order valence-electron chi connectivity index (χ2n) is 5.85. The van der Waals surface area contributed by atoms with E-state index in [1.807, 2.05) is 73.6 Å². The summed E-state index contributed by atoms with van der Waals surface area (Å²) in [4.78, 5) is 14.1. The first kappa shape index (κ1) is 15.9. The van der Waals surface area contributed by atoms with E-state index in [2.05, 4.69) is 10.6 Å². The van der Waals surface area contributed by atoms with E-state index in [0.717, 1.165) is 28.2 Å². The van der Waals surface area contributed by atoms with Gasteiger partial charge in [-0.15, -0.1) is 0 Å². The first-order valence-corrected chi connectivity index (χ1v) is 7.71. The van der Waals surface area contributed by atoms with Crippen LogP contribution in [0, 0.1) is 6.92 Å². The number of benzene rings is 2. The van der Waals surface area contributed by atoms with Crippen LogP contribution < -0.4 is 16.5 Å². The molecular formula is C18H21N5O. The molecule has 1 aliphatic rings. The molecule has 0 aliphatic carbocycles. The summed E-state index contributed by atoms with van der Waals surface area (Å²) in [5.74, 6) is 5.96. The van der Waals surface area contributed by atoms with Crippen LogP contribution in [0.2, 0.25) is 0 Å². The van der Waals surface area contributed by atoms with Gasteiger partial charge >= 0.3 is 6.03 Å². The van der Waals surface area contributed by atoms with Crippen LogP contribution in [-0.2, 0) is 0 Å². The van der Waals surface area contributed by atoms with Crippen LogP contribution in [0.4, 0.5) is 16.2 Å². The van der Waals surface area contributed by atoms with Crippen molar-refractivity contribution < 1.29 is 4.79 Å². The van der Waals surface area contributed by atoms with Crippen LogP contribution in [0.25, 0.3) is 5.70 Å². The Morgan fingerprint density at radius 2 is 1.79 bits per heavy atom. The molecule has 0 aromatic heterocycles. The van der Waals surface area contributed by atoms with Crippen LogP contribution in [0.15, 0.2) is 54.7 Å². The zero-order valence-corrected chi connectivity index (χ0v) is 13.8. The predicted octanol–water partition coefficient (Wildman–Crippen LogP) is 3.02. The summed E-state index contributed by atoms with van der Waals surface area (Å²) in [6.07, 6.45) is 1.99. The summed E-state index contributed by atoms with van der Waals surface area (Å²) in [5, 5.41) is 7.36. The summed E-state index contributed by atoms with van der Waals surface area (Å²) < 4.78 is 0. The second kappa shape index (κ2) is 6.64. The molecule has 0 unspecified atom stereocenters. The lowest BCUT2D eigenvalue weighted by molar-refractivity contribution is 0.262. The average molecular weight is 323 g/mol. The van der Waals surface area contributed by atoms with E-state index in [1.165, 1.54) is 0 Å². The molecule has 0 saturated carbocycles. The number of hydrazine groups is 1. The largest absolute Gasteiger partial charge is 0.360 e. The molecule has 124 valence electrons. The van der Waals surface area contributed by atoms with Gasteiger partial charge in [-0.3, -0.25) is 5.01 Å². The number of aryl methyl sites for hydroxylation is 1. The van der Waals surface area contributed by atoms with E-state index in [1.54, 1.807) is 5.01 Å². The van der Waals surface area contributed by atoms with Crippen molar-refractivity contribution in [1.82, 2.24) is 9.91 Å². The summed E-state index contributed by atoms with van der Waals surface area (Å²) >= 11 is 0. The summed E-state index contributed by atoms with van der Waals surface area (Å²) in [6.45, 7) is 2.61. The SMILES string of the molecule is Cc1ccccc1NC(=O)Nc1ccc(C2=CN(C)CN2N)cc1. The van der Waals surface area contributed by atoms with E-state index in [0.29, 0.717) is 6.67 Å². The van der Waals surface area contributed by atoms with E-state index in [9.17, 15) is 4.79 Å². The van der Waals surface area contributed by atoms with Gasteiger partial charge in [-0.2, -0.15) is 0 Å². The number of hydrogen-bond acceptors (Lipinski definition) is 4. The topological polar surface area (TPSA) is 73.6 Å². The Morgan fingerprint density at radius 1 is 1.08 bits per heavy atom. The van der Waals surface area contributed by atoms with Crippen molar-refractivity contribution in [3.8, 4) is 0 Å². The van der Waals surface area contributed by atoms with Crippen molar-refractivity contribution in [3.05, 3.63) is 65.9 Å². The Hall–Kier alpha value is -2.99. The maximum atomic E-state index is 12.1. The highest BCUT2D eigenvalue weighted by Gasteiger charge is 2.16. The number of nitrogens with one attached hydrogen (secondary N) is 2. The predicted molar refractivity (Wildman–Crippen MR) is 96.9 cm³/mol. The third kappa shape index (κ3) is 3.49. The molecule has 0 atom stereocenters. The molecular weight excluding hydrogens is 302 g/mol. The molecule has 6 nitrogen and oxygen atoms in total. The number of anilines is 2. The third-order valence-electron chi connectivity index (χ3n) is 3.86. The van der Waals surface area contributed by atoms with Gasteiger partial charge in [0.1, 0.15) is 6.67 Å². The molecule has 4 N–H and O–H groups in total. The number of carbonyl (C=O) groups is 1. The molecule has 1 heterocycles. The molecule has 3 rings (SSSR count). The number of nitrogens with zero attached hydrogens (tertiary/aromatic N) is 2. The fourth-order valence-corrected chi connectivity index (χ4v) is 2.60. The molecule has 24 heavy (non-hydrogen) atoms. The Labute approximate surface area is 141 Å². The molecule has 0 fully saturated rings. The Bertz CT molecular complexity index is 769. The summed E-state index contributed by atoms with van der Waals surface area (Å²) in [5.41, 5.74) is 4.49. The maximum Gasteiger partial charge on any atom is 0.323 e. The first-order chi connectivity index (χ1) is 11.5. The lowest BCUT2D eigenvalue weighted by atomic mass is 10.1. The minimum atomic E-state index is -0.266. The molecule has 1 aliphatic heterocycles. The molecule has 2 amide bonds. The van der Waals surface area contributed by atoms with Crippen LogP contribution >= 0.6 is 0 Å². The minimum Gasteiger partial charge on any atom is -0.360 e. The zero-order valence-electron chi connectivity index (χ0n) is 13.8. The van der Waals surface area contributed by atoms with Crippen molar-refractivity contribution in [2.45, 2.75) is 6.92 Å². The van der Waals surface area contributed by atoms with Crippen molar-refractivity contribution in [2.75, 3.05) is 24.3 Å². The molecule has 0 bridgehead atoms. The molecule has 0 radical (unpaired) electrons. The van der Waals surface area contributed by atoms with Gasteiger partial charge in [0.2, 0.25) is 0 Å². The van der Waals surface area contributed by atoms with Gasteiger partial charge in [-0.25, -0.2) is 10.6 Å². The van der Waals surface area contributed by atoms with Crippen molar-refractivity contribution in [1.29, 1.82) is 0 Å². The van der Waals surface area contributed by atoms with E-state index in [-0.39, 0.29) is 6.03 Å². The van der Waals surface area contributed by atoms with Gasteiger partial charge in [0.15, 0.2) is 0 Å². The maximum absolute atomic E-state index is 12.1. The van der Waals surface area contributed by atoms with Crippen LogP contribution in [0.5, 0.6) is 0 Å². The quantitative estimate of drug-likeness (QED) is 0.759. The van der Waals surface area contributed by atoms with Crippen molar-refractivity contribution in [3.63, 3.8) is 0 Å². The normalized spacial score (nSPS) is 13.7. The summed E-state index contributed by atoms with van der Waals surface area (Å²) in [7, 11) is 1.97. The minimum absolute atomic E-state index is 0.266. The van der Waals surface area contributed by atoms with Crippen LogP contribution in [-0.4, -0.2) is 29.7 Å². The molecule has 6 heteroatoms. The van der Waals surface area contributed by atoms with Gasteiger partial charge < -0.3 is 15.5 Å². The smallest absolute Gasteiger partial charge is 0.323 e. The highest BCUT2D eigenvalue weighted by Crippen LogP contribution is 2.23. The highest BCUT2D eigenvalue weighted by atomic mass is 16.2. The Morgan fingerprint density at radius 3 is 2.42 bits per heavy atom. The molecule has 0 saturated heterocycles.